The smallest absolute Gasteiger partial charge is 0.242 e. The second-order valence-corrected chi connectivity index (χ2v) is 9.56. The number of hydrogen-bond acceptors (Lipinski definition) is 3. The van der Waals surface area contributed by atoms with Gasteiger partial charge in [-0.05, 0) is 48.6 Å². The molecule has 174 valence electrons. The molecule has 4 nitrogen and oxygen atoms in total. The van der Waals surface area contributed by atoms with E-state index in [1.54, 1.807) is 28.8 Å². The fourth-order valence-corrected chi connectivity index (χ4v) is 4.67. The lowest BCUT2D eigenvalue weighted by Crippen LogP contribution is -2.49. The van der Waals surface area contributed by atoms with Crippen molar-refractivity contribution in [1.82, 2.24) is 10.2 Å². The first-order chi connectivity index (χ1) is 15.4. The molecule has 0 aliphatic rings. The van der Waals surface area contributed by atoms with Crippen LogP contribution in [0.15, 0.2) is 42.5 Å². The molecule has 32 heavy (non-hydrogen) atoms. The minimum Gasteiger partial charge on any atom is -0.354 e. The minimum absolute atomic E-state index is 0.0628. The first-order valence-corrected chi connectivity index (χ1v) is 12.9. The summed E-state index contributed by atoms with van der Waals surface area (Å²) in [5, 5.41) is 3.88. The highest BCUT2D eigenvalue weighted by atomic mass is 35.5. The van der Waals surface area contributed by atoms with Crippen LogP contribution in [0.3, 0.4) is 0 Å². The van der Waals surface area contributed by atoms with Crippen molar-refractivity contribution in [3.05, 3.63) is 69.2 Å². The van der Waals surface area contributed by atoms with E-state index in [0.717, 1.165) is 24.2 Å². The second kappa shape index (κ2) is 13.8. The molecular formula is C25H32Cl2N2O2S. The van der Waals surface area contributed by atoms with Crippen LogP contribution in [0.2, 0.25) is 10.0 Å². The Kier molecular flexibility index (Phi) is 11.4. The van der Waals surface area contributed by atoms with E-state index in [4.69, 9.17) is 23.2 Å². The van der Waals surface area contributed by atoms with Crippen molar-refractivity contribution in [2.45, 2.75) is 58.4 Å². The third-order valence-electron chi connectivity index (χ3n) is 5.30. The first-order valence-electron chi connectivity index (χ1n) is 11.0. The van der Waals surface area contributed by atoms with Crippen molar-refractivity contribution >= 4 is 46.8 Å². The summed E-state index contributed by atoms with van der Waals surface area (Å²) >= 11 is 13.8. The Balaban J connectivity index is 2.15. The number of hydrogen-bond donors (Lipinski definition) is 1. The van der Waals surface area contributed by atoms with Crippen LogP contribution < -0.4 is 5.32 Å². The fraction of sp³-hybridized carbons (Fsp3) is 0.440. The van der Waals surface area contributed by atoms with Crippen molar-refractivity contribution in [1.29, 1.82) is 0 Å². The highest BCUT2D eigenvalue weighted by Gasteiger charge is 2.28. The number of halogens is 2. The van der Waals surface area contributed by atoms with Crippen LogP contribution in [-0.2, 0) is 21.9 Å². The molecule has 0 bridgehead atoms. The van der Waals surface area contributed by atoms with Crippen LogP contribution in [0.25, 0.3) is 0 Å². The quantitative estimate of drug-likeness (QED) is 0.354. The molecule has 0 fully saturated rings. The lowest BCUT2D eigenvalue weighted by Gasteiger charge is -2.30. The predicted molar refractivity (Wildman–Crippen MR) is 136 cm³/mol. The Morgan fingerprint density at radius 3 is 2.50 bits per heavy atom. The number of amides is 2. The van der Waals surface area contributed by atoms with Gasteiger partial charge in [-0.1, -0.05) is 73.8 Å². The summed E-state index contributed by atoms with van der Waals surface area (Å²) in [7, 11) is 0. The summed E-state index contributed by atoms with van der Waals surface area (Å²) in [6.45, 7) is 7.00. The standard InChI is InChI=1S/C25H32Cl2N2O2S/c1-4-6-13-28-25(31)23(5-2)29(15-19-11-12-21(26)22(27)14-19)24(30)17-32-16-20-10-8-7-9-18(20)3/h7-12,14,23H,4-6,13,15-17H2,1-3H3,(H,28,31)/t23-/m0/s1. The van der Waals surface area contributed by atoms with Crippen LogP contribution in [0.4, 0.5) is 0 Å². The number of nitrogens with zero attached hydrogens (tertiary/aromatic N) is 1. The normalized spacial score (nSPS) is 11.8. The van der Waals surface area contributed by atoms with Gasteiger partial charge in [0.25, 0.3) is 0 Å². The molecule has 0 aliphatic heterocycles. The molecule has 0 unspecified atom stereocenters. The molecule has 2 rings (SSSR count). The molecule has 0 saturated heterocycles. The third-order valence-corrected chi connectivity index (χ3v) is 7.00. The molecule has 0 aliphatic carbocycles. The molecule has 0 heterocycles. The molecule has 2 aromatic rings. The van der Waals surface area contributed by atoms with Crippen LogP contribution in [0, 0.1) is 6.92 Å². The number of unbranched alkanes of at least 4 members (excludes halogenated alkanes) is 1. The van der Waals surface area contributed by atoms with Gasteiger partial charge < -0.3 is 10.2 Å². The van der Waals surface area contributed by atoms with E-state index in [-0.39, 0.29) is 11.8 Å². The molecule has 0 aromatic heterocycles. The van der Waals surface area contributed by atoms with Crippen LogP contribution in [0.1, 0.15) is 49.8 Å². The van der Waals surface area contributed by atoms with Crippen LogP contribution >= 0.6 is 35.0 Å². The van der Waals surface area contributed by atoms with Crippen molar-refractivity contribution < 1.29 is 9.59 Å². The van der Waals surface area contributed by atoms with Gasteiger partial charge in [-0.3, -0.25) is 9.59 Å². The largest absolute Gasteiger partial charge is 0.354 e. The molecule has 1 N–H and O–H groups in total. The average Bonchev–Trinajstić information content (AvgIpc) is 2.77. The number of nitrogens with one attached hydrogen (secondary N) is 1. The Hall–Kier alpha value is -1.69. The van der Waals surface area contributed by atoms with Gasteiger partial charge >= 0.3 is 0 Å². The van der Waals surface area contributed by atoms with Gasteiger partial charge in [0.1, 0.15) is 6.04 Å². The van der Waals surface area contributed by atoms with E-state index in [1.165, 1.54) is 11.1 Å². The number of thioether (sulfide) groups is 1. The maximum Gasteiger partial charge on any atom is 0.242 e. The SMILES string of the molecule is CCCCNC(=O)[C@H](CC)N(Cc1ccc(Cl)c(Cl)c1)C(=O)CSCc1ccccc1C. The molecule has 1 atom stereocenters. The first kappa shape index (κ1) is 26.6. The zero-order valence-corrected chi connectivity index (χ0v) is 21.3. The van der Waals surface area contributed by atoms with Crippen molar-refractivity contribution in [2.75, 3.05) is 12.3 Å². The highest BCUT2D eigenvalue weighted by molar-refractivity contribution is 7.99. The van der Waals surface area contributed by atoms with E-state index in [1.807, 2.05) is 25.1 Å². The maximum absolute atomic E-state index is 13.3. The number of rotatable bonds is 12. The van der Waals surface area contributed by atoms with Gasteiger partial charge in [-0.25, -0.2) is 0 Å². The molecule has 2 aromatic carbocycles. The Morgan fingerprint density at radius 2 is 1.84 bits per heavy atom. The van der Waals surface area contributed by atoms with Gasteiger partial charge in [0.05, 0.1) is 15.8 Å². The van der Waals surface area contributed by atoms with Gasteiger partial charge in [0.15, 0.2) is 0 Å². The molecule has 0 spiro atoms. The topological polar surface area (TPSA) is 49.4 Å². The monoisotopic (exact) mass is 494 g/mol. The summed E-state index contributed by atoms with van der Waals surface area (Å²) in [4.78, 5) is 27.8. The van der Waals surface area contributed by atoms with Gasteiger partial charge in [-0.2, -0.15) is 0 Å². The summed E-state index contributed by atoms with van der Waals surface area (Å²) in [6.07, 6.45) is 2.45. The molecular weight excluding hydrogens is 463 g/mol. The molecule has 2 amide bonds. The summed E-state index contributed by atoms with van der Waals surface area (Å²) in [5.74, 6) is 0.873. The molecule has 0 saturated carbocycles. The Labute approximate surface area is 206 Å². The van der Waals surface area contributed by atoms with E-state index in [2.05, 4.69) is 31.3 Å². The Morgan fingerprint density at radius 1 is 1.09 bits per heavy atom. The van der Waals surface area contributed by atoms with E-state index in [0.29, 0.717) is 35.3 Å². The van der Waals surface area contributed by atoms with Gasteiger partial charge in [-0.15, -0.1) is 11.8 Å². The van der Waals surface area contributed by atoms with Crippen molar-refractivity contribution in [3.63, 3.8) is 0 Å². The predicted octanol–water partition coefficient (Wildman–Crippen LogP) is 6.26. The second-order valence-electron chi connectivity index (χ2n) is 7.76. The van der Waals surface area contributed by atoms with E-state index < -0.39 is 6.04 Å². The molecule has 0 radical (unpaired) electrons. The van der Waals surface area contributed by atoms with Gasteiger partial charge in [0, 0.05) is 18.8 Å². The van der Waals surface area contributed by atoms with Crippen molar-refractivity contribution in [3.8, 4) is 0 Å². The minimum atomic E-state index is -0.534. The number of benzene rings is 2. The zero-order valence-electron chi connectivity index (χ0n) is 19.0. The summed E-state index contributed by atoms with van der Waals surface area (Å²) < 4.78 is 0. The fourth-order valence-electron chi connectivity index (χ4n) is 3.36. The number of carbonyl (C=O) groups is 2. The highest BCUT2D eigenvalue weighted by Crippen LogP contribution is 2.25. The van der Waals surface area contributed by atoms with Crippen LogP contribution in [-0.4, -0.2) is 35.1 Å². The molecule has 7 heteroatoms. The third kappa shape index (κ3) is 8.02. The van der Waals surface area contributed by atoms with Gasteiger partial charge in [0.2, 0.25) is 11.8 Å². The average molecular weight is 496 g/mol. The zero-order chi connectivity index (χ0) is 23.5. The number of carbonyl (C=O) groups excluding carboxylic acids is 2. The van der Waals surface area contributed by atoms with Crippen molar-refractivity contribution in [2.24, 2.45) is 0 Å². The Bertz CT molecular complexity index is 907. The van der Waals surface area contributed by atoms with E-state index in [9.17, 15) is 9.59 Å². The van der Waals surface area contributed by atoms with Crippen LogP contribution in [0.5, 0.6) is 0 Å². The lowest BCUT2D eigenvalue weighted by atomic mass is 10.1. The van der Waals surface area contributed by atoms with E-state index >= 15 is 0 Å². The summed E-state index contributed by atoms with van der Waals surface area (Å²) in [5.41, 5.74) is 3.27. The number of aryl methyl sites for hydroxylation is 1. The maximum atomic E-state index is 13.3. The summed E-state index contributed by atoms with van der Waals surface area (Å²) in [6, 6.07) is 13.0. The lowest BCUT2D eigenvalue weighted by molar-refractivity contribution is -0.139.